The molecule has 1 heterocycles. The van der Waals surface area contributed by atoms with Crippen LogP contribution in [0, 0.1) is 0 Å². The van der Waals surface area contributed by atoms with E-state index < -0.39 is 6.04 Å². The van der Waals surface area contributed by atoms with Gasteiger partial charge in [-0.1, -0.05) is 30.3 Å². The highest BCUT2D eigenvalue weighted by atomic mass is 16.2. The van der Waals surface area contributed by atoms with Gasteiger partial charge in [0.25, 0.3) is 5.91 Å². The molecule has 1 unspecified atom stereocenters. The summed E-state index contributed by atoms with van der Waals surface area (Å²) in [6, 6.07) is 20.0. The van der Waals surface area contributed by atoms with Crippen molar-refractivity contribution in [3.63, 3.8) is 0 Å². The molecular weight excluding hydrogens is 366 g/mol. The molecule has 2 amide bonds. The van der Waals surface area contributed by atoms with Crippen LogP contribution < -0.4 is 10.6 Å². The monoisotopic (exact) mass is 385 g/mol. The first-order chi connectivity index (χ1) is 14.1. The van der Waals surface area contributed by atoms with Crippen LogP contribution in [0.1, 0.15) is 23.3 Å². The first-order valence-electron chi connectivity index (χ1n) is 9.15. The predicted molar refractivity (Wildman–Crippen MR) is 112 cm³/mol. The van der Waals surface area contributed by atoms with Gasteiger partial charge < -0.3 is 10.6 Å². The second-order valence-electron chi connectivity index (χ2n) is 6.63. The van der Waals surface area contributed by atoms with Crippen molar-refractivity contribution in [2.45, 2.75) is 13.0 Å². The molecule has 2 N–H and O–H groups in total. The molecule has 4 aromatic rings. The van der Waals surface area contributed by atoms with E-state index in [1.165, 1.54) is 17.3 Å². The van der Waals surface area contributed by atoms with Crippen LogP contribution in [0.2, 0.25) is 0 Å². The highest BCUT2D eigenvalue weighted by molar-refractivity contribution is 6.06. The third-order valence-electron chi connectivity index (χ3n) is 4.63. The van der Waals surface area contributed by atoms with Crippen LogP contribution in [0.5, 0.6) is 0 Å². The highest BCUT2D eigenvalue weighted by Gasteiger charge is 2.15. The first-order valence-corrected chi connectivity index (χ1v) is 9.15. The molecule has 0 aliphatic carbocycles. The Hall–Kier alpha value is -4.00. The van der Waals surface area contributed by atoms with Crippen LogP contribution >= 0.6 is 0 Å². The van der Waals surface area contributed by atoms with E-state index in [0.29, 0.717) is 16.9 Å². The minimum atomic E-state index is -0.482. The van der Waals surface area contributed by atoms with E-state index in [2.05, 4.69) is 20.7 Å². The van der Waals surface area contributed by atoms with Crippen molar-refractivity contribution in [3.8, 4) is 0 Å². The number of hydrogen-bond acceptors (Lipinski definition) is 4. The maximum absolute atomic E-state index is 12.5. The summed E-state index contributed by atoms with van der Waals surface area (Å²) in [5.74, 6) is -0.393. The molecule has 0 radical (unpaired) electrons. The minimum absolute atomic E-state index is 0.188. The van der Waals surface area contributed by atoms with Gasteiger partial charge in [-0.2, -0.15) is 5.10 Å². The fourth-order valence-electron chi connectivity index (χ4n) is 2.95. The van der Waals surface area contributed by atoms with Gasteiger partial charge in [0, 0.05) is 16.9 Å². The number of amides is 2. The molecule has 29 heavy (non-hydrogen) atoms. The van der Waals surface area contributed by atoms with E-state index in [0.717, 1.165) is 10.8 Å². The molecular formula is C22H19N5O2. The lowest BCUT2D eigenvalue weighted by Crippen LogP contribution is -2.24. The van der Waals surface area contributed by atoms with Crippen LogP contribution in [0.3, 0.4) is 0 Å². The highest BCUT2D eigenvalue weighted by Crippen LogP contribution is 2.19. The quantitative estimate of drug-likeness (QED) is 0.546. The Morgan fingerprint density at radius 3 is 2.28 bits per heavy atom. The summed E-state index contributed by atoms with van der Waals surface area (Å²) in [7, 11) is 0. The lowest BCUT2D eigenvalue weighted by atomic mass is 10.1. The van der Waals surface area contributed by atoms with E-state index in [4.69, 9.17) is 0 Å². The molecule has 3 aromatic carbocycles. The number of benzene rings is 3. The van der Waals surface area contributed by atoms with Crippen LogP contribution in [0.25, 0.3) is 10.8 Å². The van der Waals surface area contributed by atoms with Crippen molar-refractivity contribution < 1.29 is 9.59 Å². The van der Waals surface area contributed by atoms with Crippen molar-refractivity contribution in [3.05, 3.63) is 84.9 Å². The van der Waals surface area contributed by atoms with Crippen LogP contribution in [0.15, 0.2) is 79.4 Å². The summed E-state index contributed by atoms with van der Waals surface area (Å²) in [5, 5.41) is 11.8. The minimum Gasteiger partial charge on any atom is -0.324 e. The third kappa shape index (κ3) is 4.14. The summed E-state index contributed by atoms with van der Waals surface area (Å²) in [6.07, 6.45) is 2.88. The van der Waals surface area contributed by atoms with Gasteiger partial charge in [0.2, 0.25) is 5.91 Å². The molecule has 4 rings (SSSR count). The van der Waals surface area contributed by atoms with Gasteiger partial charge in [-0.05, 0) is 54.1 Å². The lowest BCUT2D eigenvalue weighted by Gasteiger charge is -2.12. The molecule has 0 bridgehead atoms. The Bertz CT molecular complexity index is 1150. The molecule has 0 spiro atoms. The molecule has 7 heteroatoms. The molecule has 1 aromatic heterocycles. The number of hydrogen-bond donors (Lipinski definition) is 2. The van der Waals surface area contributed by atoms with E-state index in [-0.39, 0.29) is 11.8 Å². The Morgan fingerprint density at radius 1 is 0.897 bits per heavy atom. The van der Waals surface area contributed by atoms with Gasteiger partial charge in [-0.25, -0.2) is 9.67 Å². The van der Waals surface area contributed by atoms with Gasteiger partial charge in [0.05, 0.1) is 0 Å². The van der Waals surface area contributed by atoms with Crippen LogP contribution in [-0.2, 0) is 4.79 Å². The molecule has 0 saturated carbocycles. The second-order valence-corrected chi connectivity index (χ2v) is 6.63. The molecule has 144 valence electrons. The molecule has 0 fully saturated rings. The summed E-state index contributed by atoms with van der Waals surface area (Å²) in [6.45, 7) is 1.74. The zero-order valence-electron chi connectivity index (χ0n) is 15.7. The van der Waals surface area contributed by atoms with Gasteiger partial charge in [-0.3, -0.25) is 9.59 Å². The summed E-state index contributed by atoms with van der Waals surface area (Å²) in [4.78, 5) is 28.7. The normalized spacial score (nSPS) is 11.8. The van der Waals surface area contributed by atoms with Gasteiger partial charge in [0.1, 0.15) is 18.7 Å². The smallest absolute Gasteiger partial charge is 0.255 e. The van der Waals surface area contributed by atoms with Crippen molar-refractivity contribution in [2.24, 2.45) is 0 Å². The number of anilines is 2. The summed E-state index contributed by atoms with van der Waals surface area (Å²) < 4.78 is 1.48. The first kappa shape index (κ1) is 18.4. The van der Waals surface area contributed by atoms with E-state index in [9.17, 15) is 9.59 Å². The van der Waals surface area contributed by atoms with Gasteiger partial charge >= 0.3 is 0 Å². The predicted octanol–water partition coefficient (Wildman–Crippen LogP) is 3.88. The number of carbonyl (C=O) groups is 2. The fourth-order valence-corrected chi connectivity index (χ4v) is 2.95. The number of nitrogens with one attached hydrogen (secondary N) is 2. The molecule has 0 aliphatic heterocycles. The maximum Gasteiger partial charge on any atom is 0.255 e. The molecule has 1 atom stereocenters. The molecule has 7 nitrogen and oxygen atoms in total. The number of carbonyl (C=O) groups excluding carboxylic acids is 2. The van der Waals surface area contributed by atoms with Crippen molar-refractivity contribution in [1.29, 1.82) is 0 Å². The average molecular weight is 385 g/mol. The van der Waals surface area contributed by atoms with Crippen molar-refractivity contribution in [2.75, 3.05) is 10.6 Å². The number of rotatable bonds is 5. The lowest BCUT2D eigenvalue weighted by molar-refractivity contribution is -0.119. The van der Waals surface area contributed by atoms with E-state index in [1.807, 2.05) is 36.4 Å². The Labute approximate surface area is 167 Å². The maximum atomic E-state index is 12.5. The van der Waals surface area contributed by atoms with E-state index in [1.54, 1.807) is 37.3 Å². The zero-order chi connectivity index (χ0) is 20.2. The molecule has 0 aliphatic rings. The summed E-state index contributed by atoms with van der Waals surface area (Å²) >= 11 is 0. The summed E-state index contributed by atoms with van der Waals surface area (Å²) in [5.41, 5.74) is 1.86. The van der Waals surface area contributed by atoms with Crippen molar-refractivity contribution >= 4 is 34.0 Å². The van der Waals surface area contributed by atoms with Crippen molar-refractivity contribution in [1.82, 2.24) is 14.8 Å². The Balaban J connectivity index is 1.41. The van der Waals surface area contributed by atoms with Gasteiger partial charge in [-0.15, -0.1) is 0 Å². The largest absolute Gasteiger partial charge is 0.324 e. The SMILES string of the molecule is CC(C(=O)Nc1ccc(NC(=O)c2ccc3ccccc3c2)cc1)n1cncn1. The number of aromatic nitrogens is 3. The Kier molecular flexibility index (Phi) is 5.03. The third-order valence-corrected chi connectivity index (χ3v) is 4.63. The Morgan fingerprint density at radius 2 is 1.59 bits per heavy atom. The topological polar surface area (TPSA) is 88.9 Å². The fraction of sp³-hybridized carbons (Fsp3) is 0.0909. The number of fused-ring (bicyclic) bond motifs is 1. The van der Waals surface area contributed by atoms with E-state index >= 15 is 0 Å². The molecule has 0 saturated heterocycles. The second kappa shape index (κ2) is 7.93. The standard InChI is InChI=1S/C22H19N5O2/c1-15(27-14-23-13-24-27)21(28)25-19-8-10-20(11-9-19)26-22(29)18-7-6-16-4-2-3-5-17(16)12-18/h2-15H,1H3,(H,25,28)(H,26,29). The number of nitrogens with zero attached hydrogens (tertiary/aromatic N) is 3. The van der Waals surface area contributed by atoms with Crippen LogP contribution in [-0.4, -0.2) is 26.6 Å². The van der Waals surface area contributed by atoms with Gasteiger partial charge in [0.15, 0.2) is 0 Å². The average Bonchev–Trinajstić information content (AvgIpc) is 3.29. The van der Waals surface area contributed by atoms with Crippen LogP contribution in [0.4, 0.5) is 11.4 Å². The zero-order valence-corrected chi connectivity index (χ0v) is 15.7.